The molecule has 2 heterocycles. The van der Waals surface area contributed by atoms with Crippen LogP contribution in [0.25, 0.3) is 21.3 Å². The summed E-state index contributed by atoms with van der Waals surface area (Å²) in [5, 5.41) is 3.18. The molecule has 2 aromatic carbocycles. The summed E-state index contributed by atoms with van der Waals surface area (Å²) in [7, 11) is -3.99. The SMILES string of the molecule is Cc1ccc2nc(NC(=O)[C@H](NS(=O)(=O)c3cccc4nsnc34)C(C)C)sc2c1. The van der Waals surface area contributed by atoms with Gasteiger partial charge < -0.3 is 5.32 Å². The molecule has 0 aliphatic carbocycles. The predicted molar refractivity (Wildman–Crippen MR) is 119 cm³/mol. The van der Waals surface area contributed by atoms with Crippen LogP contribution in [0, 0.1) is 12.8 Å². The van der Waals surface area contributed by atoms with Gasteiger partial charge in [0.05, 0.1) is 21.9 Å². The molecule has 30 heavy (non-hydrogen) atoms. The molecule has 2 aromatic heterocycles. The van der Waals surface area contributed by atoms with Crippen LogP contribution in [-0.2, 0) is 14.8 Å². The van der Waals surface area contributed by atoms with E-state index in [1.165, 1.54) is 17.4 Å². The zero-order valence-corrected chi connectivity index (χ0v) is 18.9. The quantitative estimate of drug-likeness (QED) is 0.454. The van der Waals surface area contributed by atoms with Gasteiger partial charge in [-0.05, 0) is 42.7 Å². The lowest BCUT2D eigenvalue weighted by Crippen LogP contribution is -2.47. The van der Waals surface area contributed by atoms with Crippen LogP contribution >= 0.6 is 23.1 Å². The van der Waals surface area contributed by atoms with Gasteiger partial charge in [0.2, 0.25) is 15.9 Å². The molecular formula is C19H19N5O3S3. The molecule has 4 rings (SSSR count). The average molecular weight is 462 g/mol. The third-order valence-corrected chi connectivity index (χ3v) is 7.49. The fraction of sp³-hybridized carbons (Fsp3) is 0.263. The first kappa shape index (κ1) is 20.8. The van der Waals surface area contributed by atoms with Crippen molar-refractivity contribution in [3.05, 3.63) is 42.0 Å². The number of rotatable bonds is 6. The number of benzene rings is 2. The summed E-state index contributed by atoms with van der Waals surface area (Å²) < 4.78 is 37.7. The normalized spacial score (nSPS) is 13.2. The van der Waals surface area contributed by atoms with Crippen molar-refractivity contribution >= 4 is 65.4 Å². The summed E-state index contributed by atoms with van der Waals surface area (Å²) in [5.41, 5.74) is 2.67. The Labute approximate surface area is 181 Å². The van der Waals surface area contributed by atoms with E-state index in [2.05, 4.69) is 23.8 Å². The molecule has 0 fully saturated rings. The average Bonchev–Trinajstić information content (AvgIpc) is 3.31. The summed E-state index contributed by atoms with van der Waals surface area (Å²) in [6.45, 7) is 5.54. The highest BCUT2D eigenvalue weighted by Crippen LogP contribution is 2.27. The molecule has 2 N–H and O–H groups in total. The number of carbonyl (C=O) groups is 1. The minimum atomic E-state index is -3.99. The summed E-state index contributed by atoms with van der Waals surface area (Å²) >= 11 is 2.29. The van der Waals surface area contributed by atoms with Gasteiger partial charge in [-0.15, -0.1) is 0 Å². The molecule has 1 atom stereocenters. The van der Waals surface area contributed by atoms with Gasteiger partial charge in [0.25, 0.3) is 0 Å². The van der Waals surface area contributed by atoms with Crippen molar-refractivity contribution in [3.63, 3.8) is 0 Å². The molecule has 11 heteroatoms. The number of amides is 1. The van der Waals surface area contributed by atoms with Crippen LogP contribution in [0.4, 0.5) is 5.13 Å². The van der Waals surface area contributed by atoms with E-state index in [1.54, 1.807) is 26.0 Å². The lowest BCUT2D eigenvalue weighted by atomic mass is 10.1. The minimum Gasteiger partial charge on any atom is -0.301 e. The van der Waals surface area contributed by atoms with Gasteiger partial charge in [-0.3, -0.25) is 4.79 Å². The van der Waals surface area contributed by atoms with Crippen LogP contribution in [-0.4, -0.2) is 34.1 Å². The summed E-state index contributed by atoms with van der Waals surface area (Å²) in [5.74, 6) is -0.753. The van der Waals surface area contributed by atoms with Crippen molar-refractivity contribution in [1.29, 1.82) is 0 Å². The smallest absolute Gasteiger partial charge is 0.244 e. The highest BCUT2D eigenvalue weighted by molar-refractivity contribution is 7.89. The maximum absolute atomic E-state index is 13.0. The van der Waals surface area contributed by atoms with Crippen LogP contribution in [0.3, 0.4) is 0 Å². The van der Waals surface area contributed by atoms with E-state index in [9.17, 15) is 13.2 Å². The monoisotopic (exact) mass is 461 g/mol. The van der Waals surface area contributed by atoms with Crippen molar-refractivity contribution in [2.75, 3.05) is 5.32 Å². The lowest BCUT2D eigenvalue weighted by Gasteiger charge is -2.21. The number of nitrogens with one attached hydrogen (secondary N) is 2. The highest BCUT2D eigenvalue weighted by Gasteiger charge is 2.30. The molecule has 8 nitrogen and oxygen atoms in total. The third kappa shape index (κ3) is 4.06. The minimum absolute atomic E-state index is 0.00247. The summed E-state index contributed by atoms with van der Waals surface area (Å²) in [6.07, 6.45) is 0. The van der Waals surface area contributed by atoms with E-state index in [0.717, 1.165) is 27.5 Å². The number of carbonyl (C=O) groups excluding carboxylic acids is 1. The molecule has 0 spiro atoms. The zero-order chi connectivity index (χ0) is 21.5. The Hall–Kier alpha value is -2.47. The first-order valence-electron chi connectivity index (χ1n) is 9.16. The van der Waals surface area contributed by atoms with Crippen molar-refractivity contribution in [3.8, 4) is 0 Å². The highest BCUT2D eigenvalue weighted by atomic mass is 32.2. The molecule has 0 bridgehead atoms. The molecule has 4 aromatic rings. The van der Waals surface area contributed by atoms with Gasteiger partial charge in [0.1, 0.15) is 22.0 Å². The number of aromatic nitrogens is 3. The van der Waals surface area contributed by atoms with Crippen molar-refractivity contribution in [2.45, 2.75) is 31.7 Å². The number of hydrogen-bond donors (Lipinski definition) is 2. The number of sulfonamides is 1. The Kier molecular flexibility index (Phi) is 5.53. The van der Waals surface area contributed by atoms with Crippen LogP contribution in [0.15, 0.2) is 41.3 Å². The summed E-state index contributed by atoms with van der Waals surface area (Å²) in [6, 6.07) is 9.61. The van der Waals surface area contributed by atoms with Crippen molar-refractivity contribution in [2.24, 2.45) is 5.92 Å². The number of aryl methyl sites for hydroxylation is 1. The van der Waals surface area contributed by atoms with E-state index in [1.807, 2.05) is 25.1 Å². The molecule has 1 amide bonds. The molecule has 0 saturated heterocycles. The van der Waals surface area contributed by atoms with E-state index in [4.69, 9.17) is 0 Å². The second-order valence-electron chi connectivity index (χ2n) is 7.21. The Morgan fingerprint density at radius 3 is 2.67 bits per heavy atom. The van der Waals surface area contributed by atoms with E-state index in [0.29, 0.717) is 16.2 Å². The van der Waals surface area contributed by atoms with E-state index < -0.39 is 22.0 Å². The van der Waals surface area contributed by atoms with Crippen molar-refractivity contribution in [1.82, 2.24) is 18.5 Å². The standard InChI is InChI=1S/C19H19N5O3S3/c1-10(2)16(18(25)21-19-20-12-8-7-11(3)9-14(12)28-19)24-30(26,27)15-6-4-5-13-17(15)23-29-22-13/h4-10,16,24H,1-3H3,(H,20,21,25)/t16-/m1/s1. The van der Waals surface area contributed by atoms with E-state index >= 15 is 0 Å². The Bertz CT molecular complexity index is 1340. The maximum atomic E-state index is 13.0. The number of hydrogen-bond acceptors (Lipinski definition) is 8. The molecule has 156 valence electrons. The topological polar surface area (TPSA) is 114 Å². The van der Waals surface area contributed by atoms with Crippen LogP contribution < -0.4 is 10.0 Å². The van der Waals surface area contributed by atoms with Gasteiger partial charge in [-0.1, -0.05) is 37.3 Å². The molecule has 0 saturated carbocycles. The lowest BCUT2D eigenvalue weighted by molar-refractivity contribution is -0.118. The molecule has 0 aliphatic heterocycles. The molecule has 0 unspecified atom stereocenters. The molecule has 0 radical (unpaired) electrons. The van der Waals surface area contributed by atoms with E-state index in [-0.39, 0.29) is 10.8 Å². The second-order valence-corrected chi connectivity index (χ2v) is 10.5. The Morgan fingerprint density at radius 2 is 1.90 bits per heavy atom. The van der Waals surface area contributed by atoms with Crippen molar-refractivity contribution < 1.29 is 13.2 Å². The maximum Gasteiger partial charge on any atom is 0.244 e. The summed E-state index contributed by atoms with van der Waals surface area (Å²) in [4.78, 5) is 17.3. The van der Waals surface area contributed by atoms with Gasteiger partial charge in [-0.25, -0.2) is 13.4 Å². The van der Waals surface area contributed by atoms with Gasteiger partial charge >= 0.3 is 0 Å². The van der Waals surface area contributed by atoms with Gasteiger partial charge in [0, 0.05) is 0 Å². The number of nitrogens with zero attached hydrogens (tertiary/aromatic N) is 3. The first-order valence-corrected chi connectivity index (χ1v) is 12.2. The zero-order valence-electron chi connectivity index (χ0n) is 16.4. The Balaban J connectivity index is 1.59. The van der Waals surface area contributed by atoms with Crippen LogP contribution in [0.5, 0.6) is 0 Å². The fourth-order valence-corrected chi connectivity index (χ4v) is 6.07. The number of fused-ring (bicyclic) bond motifs is 2. The largest absolute Gasteiger partial charge is 0.301 e. The van der Waals surface area contributed by atoms with Gasteiger partial charge in [0.15, 0.2) is 5.13 Å². The second kappa shape index (κ2) is 7.99. The first-order chi connectivity index (χ1) is 14.2. The fourth-order valence-electron chi connectivity index (χ4n) is 2.99. The Morgan fingerprint density at radius 1 is 1.10 bits per heavy atom. The van der Waals surface area contributed by atoms with Crippen LogP contribution in [0.1, 0.15) is 19.4 Å². The third-order valence-electron chi connectivity index (χ3n) is 4.54. The molecule has 0 aliphatic rings. The predicted octanol–water partition coefficient (Wildman–Crippen LogP) is 3.55. The number of anilines is 1. The van der Waals surface area contributed by atoms with Crippen LogP contribution in [0.2, 0.25) is 0 Å². The van der Waals surface area contributed by atoms with Gasteiger partial charge in [-0.2, -0.15) is 13.5 Å². The molecular weight excluding hydrogens is 442 g/mol. The number of thiazole rings is 1.